The first-order valence-electron chi connectivity index (χ1n) is 4.28. The monoisotopic (exact) mass is 415 g/mol. The fraction of sp³-hybridized carbons (Fsp3) is 0.364. The average molecular weight is 415 g/mol. The maximum absolute atomic E-state index is 11.1. The van der Waals surface area contributed by atoms with Crippen LogP contribution in [0.5, 0.6) is 5.75 Å². The molecule has 1 aromatic rings. The first kappa shape index (κ1) is 13.7. The van der Waals surface area contributed by atoms with Crippen molar-refractivity contribution in [3.05, 3.63) is 29.3 Å². The number of ketones is 1. The third kappa shape index (κ3) is 3.15. The predicted molar refractivity (Wildman–Crippen MR) is 51.0 cm³/mol. The van der Waals surface area contributed by atoms with E-state index in [9.17, 15) is 9.90 Å². The molecule has 1 rings (SSSR count). The van der Waals surface area contributed by atoms with Crippen molar-refractivity contribution in [2.24, 2.45) is 0 Å². The zero-order valence-electron chi connectivity index (χ0n) is 8.59. The van der Waals surface area contributed by atoms with E-state index in [4.69, 9.17) is 0 Å². The Morgan fingerprint density at radius 2 is 2.07 bits per heavy atom. The van der Waals surface area contributed by atoms with Crippen molar-refractivity contribution in [2.45, 2.75) is 26.7 Å². The molecule has 0 saturated carbocycles. The second-order valence-corrected chi connectivity index (χ2v) is 3.40. The molecule has 0 aliphatic heterocycles. The Kier molecular flexibility index (Phi) is 5.48. The summed E-state index contributed by atoms with van der Waals surface area (Å²) in [5.41, 5.74) is 1.32. The van der Waals surface area contributed by atoms with Gasteiger partial charge in [0.1, 0.15) is 5.78 Å². The zero-order valence-corrected chi connectivity index (χ0v) is 12.8. The summed E-state index contributed by atoms with van der Waals surface area (Å²) < 4.78 is 0. The molecule has 0 unspecified atom stereocenters. The van der Waals surface area contributed by atoms with Gasteiger partial charge in [-0.25, -0.2) is 0 Å². The molecule has 0 aliphatic carbocycles. The first-order chi connectivity index (χ1) is 6.02. The number of aromatic hydroxyl groups is 1. The van der Waals surface area contributed by atoms with Gasteiger partial charge in [0.25, 0.3) is 0 Å². The van der Waals surface area contributed by atoms with Crippen molar-refractivity contribution < 1.29 is 41.0 Å². The molecular weight excluding hydrogens is 402 g/mol. The largest absolute Gasteiger partial charge is 0.565 e. The Morgan fingerprint density at radius 3 is 2.50 bits per heavy atom. The molecule has 1 N–H and O–H groups in total. The van der Waals surface area contributed by atoms with Crippen LogP contribution >= 0.6 is 0 Å². The van der Waals surface area contributed by atoms with Crippen LogP contribution in [0.4, 0.5) is 0 Å². The van der Waals surface area contributed by atoms with E-state index >= 15 is 0 Å². The third-order valence-corrected chi connectivity index (χ3v) is 1.95. The summed E-state index contributed by atoms with van der Waals surface area (Å²) >= 11 is 0. The molecule has 14 heavy (non-hydrogen) atoms. The number of hydrogen-bond acceptors (Lipinski definition) is 2. The van der Waals surface area contributed by atoms with E-state index in [0.717, 1.165) is 5.56 Å². The van der Waals surface area contributed by atoms with Gasteiger partial charge in [0.05, 0.1) is 0 Å². The number of phenolic OH excluding ortho intramolecular Hbond substituents is 1. The van der Waals surface area contributed by atoms with Gasteiger partial charge in [-0.3, -0.25) is 4.79 Å². The van der Waals surface area contributed by atoms with Crippen molar-refractivity contribution in [1.29, 1.82) is 0 Å². The standard InChI is InChI=1S/C11H13O2.U/c1-7(2)9-4-5-11(13)10(6-9)8(3)12;/h5-7,13H,1-3H3;/q-1;. The van der Waals surface area contributed by atoms with E-state index in [-0.39, 0.29) is 42.6 Å². The number of phenols is 1. The minimum atomic E-state index is -0.117. The minimum absolute atomic E-state index is 0. The summed E-state index contributed by atoms with van der Waals surface area (Å²) in [6.07, 6.45) is 0. The van der Waals surface area contributed by atoms with Gasteiger partial charge in [-0.15, -0.1) is 6.07 Å². The molecule has 0 aliphatic rings. The predicted octanol–water partition coefficient (Wildman–Crippen LogP) is 2.52. The van der Waals surface area contributed by atoms with Crippen molar-refractivity contribution in [2.75, 3.05) is 0 Å². The van der Waals surface area contributed by atoms with Gasteiger partial charge in [0, 0.05) is 36.9 Å². The number of Topliss-reactive ketones (excluding diaryl/α,β-unsaturated/α-hetero) is 1. The second-order valence-electron chi connectivity index (χ2n) is 3.40. The average Bonchev–Trinajstić information content (AvgIpc) is 2.04. The summed E-state index contributed by atoms with van der Waals surface area (Å²) in [7, 11) is 0. The van der Waals surface area contributed by atoms with Crippen molar-refractivity contribution >= 4 is 5.78 Å². The summed E-state index contributed by atoms with van der Waals surface area (Å²) in [4.78, 5) is 11.1. The summed E-state index contributed by atoms with van der Waals surface area (Å²) in [5, 5.41) is 9.34. The SMILES string of the molecule is CC(=O)c1cc(C(C)C)[c-]cc1O.[U]. The van der Waals surface area contributed by atoms with Gasteiger partial charge in [0.2, 0.25) is 0 Å². The molecule has 0 heterocycles. The molecule has 0 bridgehead atoms. The van der Waals surface area contributed by atoms with Crippen LogP contribution in [-0.4, -0.2) is 10.9 Å². The number of carbonyl (C=O) groups is 1. The Hall–Kier alpha value is -0.258. The van der Waals surface area contributed by atoms with Crippen LogP contribution < -0.4 is 0 Å². The quantitative estimate of drug-likeness (QED) is 0.596. The van der Waals surface area contributed by atoms with Crippen LogP contribution in [0, 0.1) is 37.2 Å². The van der Waals surface area contributed by atoms with Crippen LogP contribution in [0.1, 0.15) is 42.6 Å². The van der Waals surface area contributed by atoms with Crippen LogP contribution in [0.15, 0.2) is 12.1 Å². The molecule has 74 valence electrons. The molecule has 0 saturated heterocycles. The van der Waals surface area contributed by atoms with E-state index in [1.807, 2.05) is 13.8 Å². The van der Waals surface area contributed by atoms with Crippen LogP contribution in [0.3, 0.4) is 0 Å². The molecule has 2 nitrogen and oxygen atoms in total. The van der Waals surface area contributed by atoms with Gasteiger partial charge in [-0.1, -0.05) is 19.4 Å². The van der Waals surface area contributed by atoms with Crippen molar-refractivity contribution in [3.8, 4) is 5.75 Å². The van der Waals surface area contributed by atoms with Crippen LogP contribution in [0.2, 0.25) is 0 Å². The number of rotatable bonds is 2. The number of carbonyl (C=O) groups excluding carboxylic acids is 1. The molecule has 3 heteroatoms. The van der Waals surface area contributed by atoms with Gasteiger partial charge in [-0.2, -0.15) is 17.7 Å². The topological polar surface area (TPSA) is 37.3 Å². The summed E-state index contributed by atoms with van der Waals surface area (Å²) in [5.74, 6) is 0.212. The molecular formula is C11H13O2U-. The molecule has 0 spiro atoms. The Morgan fingerprint density at radius 1 is 1.50 bits per heavy atom. The van der Waals surface area contributed by atoms with Gasteiger partial charge in [0.15, 0.2) is 0 Å². The van der Waals surface area contributed by atoms with E-state index in [1.54, 1.807) is 6.07 Å². The maximum atomic E-state index is 11.1. The van der Waals surface area contributed by atoms with Crippen LogP contribution in [-0.2, 0) is 0 Å². The molecule has 0 radical (unpaired) electrons. The molecule has 0 amide bonds. The Balaban J connectivity index is 0.00000169. The van der Waals surface area contributed by atoms with E-state index < -0.39 is 0 Å². The fourth-order valence-corrected chi connectivity index (χ4v) is 1.12. The molecule has 0 fully saturated rings. The van der Waals surface area contributed by atoms with Gasteiger partial charge >= 0.3 is 0 Å². The number of benzene rings is 1. The molecule has 1 aromatic carbocycles. The second kappa shape index (κ2) is 5.58. The van der Waals surface area contributed by atoms with Crippen molar-refractivity contribution in [3.63, 3.8) is 0 Å². The van der Waals surface area contributed by atoms with Crippen LogP contribution in [0.25, 0.3) is 0 Å². The first-order valence-corrected chi connectivity index (χ1v) is 4.28. The summed E-state index contributed by atoms with van der Waals surface area (Å²) in [6.45, 7) is 5.48. The normalized spacial score (nSPS) is 9.71. The Labute approximate surface area is 108 Å². The Bertz CT molecular complexity index is 332. The van der Waals surface area contributed by atoms with E-state index in [1.165, 1.54) is 13.0 Å². The molecule has 0 aromatic heterocycles. The smallest absolute Gasteiger partial charge is 0.139 e. The fourth-order valence-electron chi connectivity index (χ4n) is 1.12. The third-order valence-electron chi connectivity index (χ3n) is 1.95. The summed E-state index contributed by atoms with van der Waals surface area (Å²) in [6, 6.07) is 6.08. The maximum Gasteiger partial charge on any atom is 0.139 e. The van der Waals surface area contributed by atoms with Gasteiger partial charge < -0.3 is 5.11 Å². The van der Waals surface area contributed by atoms with Gasteiger partial charge in [-0.05, 0) is 12.8 Å². The zero-order chi connectivity index (χ0) is 10.0. The minimum Gasteiger partial charge on any atom is -0.565 e. The van der Waals surface area contributed by atoms with E-state index in [0.29, 0.717) is 11.5 Å². The van der Waals surface area contributed by atoms with Crippen molar-refractivity contribution in [1.82, 2.24) is 0 Å². The molecule has 0 atom stereocenters. The van der Waals surface area contributed by atoms with E-state index in [2.05, 4.69) is 6.07 Å². The number of hydrogen-bond donors (Lipinski definition) is 1.